The Hall–Kier alpha value is -1.72. The largest absolute Gasteiger partial charge is 0.490 e. The maximum Gasteiger partial charge on any atom is 0.490 e. The number of carbonyl (C=O) groups is 2. The lowest BCUT2D eigenvalue weighted by Crippen LogP contribution is -2.30. The normalized spacial score (nSPS) is 19.6. The highest BCUT2D eigenvalue weighted by Gasteiger charge is 2.44. The number of hydrogen-bond donors (Lipinski definition) is 6. The Labute approximate surface area is 360 Å². The first kappa shape index (κ1) is 52.6. The monoisotopic (exact) mass is 986 g/mol. The van der Waals surface area contributed by atoms with Crippen molar-refractivity contribution in [1.82, 2.24) is 14.5 Å². The number of ether oxygens (including phenoxy) is 5. The molecule has 7 N–H and O–H groups in total. The number of H-pyrrole nitrogens is 1. The van der Waals surface area contributed by atoms with Gasteiger partial charge in [-0.3, -0.25) is 23.9 Å². The third-order valence-corrected chi connectivity index (χ3v) is 16.7. The van der Waals surface area contributed by atoms with Gasteiger partial charge in [-0.1, -0.05) is 49.8 Å². The van der Waals surface area contributed by atoms with Crippen LogP contribution >= 0.6 is 45.1 Å². The topological polar surface area (TPSA) is 317 Å². The molecule has 22 nitrogen and oxygen atoms in total. The second-order valence-electron chi connectivity index (χ2n) is 13.2. The Bertz CT molecular complexity index is 2070. The number of carbonyl (C=O) groups excluding carboxylic acids is 2. The fourth-order valence-corrected chi connectivity index (χ4v) is 11.0. The van der Waals surface area contributed by atoms with Crippen molar-refractivity contribution in [2.75, 3.05) is 49.8 Å². The van der Waals surface area contributed by atoms with E-state index < -0.39 is 69.5 Å². The molecule has 0 spiro atoms. The second-order valence-corrected chi connectivity index (χ2v) is 23.7. The summed E-state index contributed by atoms with van der Waals surface area (Å²) in [5.74, 6) is 5.92. The summed E-state index contributed by atoms with van der Waals surface area (Å²) in [6, 6.07) is 0. The molecule has 0 aliphatic carbocycles. The Morgan fingerprint density at radius 1 is 1.13 bits per heavy atom. The Balaban J connectivity index is 1.58. The summed E-state index contributed by atoms with van der Waals surface area (Å²) >= 11 is 5.36. The number of nitrogens with zero attached hydrogens (tertiary/aromatic N) is 2. The van der Waals surface area contributed by atoms with Crippen molar-refractivity contribution in [3.63, 3.8) is 0 Å². The van der Waals surface area contributed by atoms with Gasteiger partial charge in [0.05, 0.1) is 49.2 Å². The average Bonchev–Trinajstić information content (AvgIpc) is 3.70. The van der Waals surface area contributed by atoms with E-state index in [2.05, 4.69) is 44.3 Å². The first-order valence-corrected chi connectivity index (χ1v) is 27.3. The number of hydrogen-bond acceptors (Lipinski definition) is 19. The molecule has 1 aliphatic rings. The number of anilines is 1. The van der Waals surface area contributed by atoms with Crippen LogP contribution in [0.5, 0.6) is 0 Å². The third kappa shape index (κ3) is 19.3. The van der Waals surface area contributed by atoms with Crippen LogP contribution in [0, 0.1) is 11.8 Å². The van der Waals surface area contributed by atoms with Gasteiger partial charge in [-0.05, 0) is 50.1 Å². The Morgan fingerprint density at radius 3 is 2.53 bits per heavy atom. The van der Waals surface area contributed by atoms with Gasteiger partial charge in [0.25, 0.3) is 5.56 Å². The highest BCUT2D eigenvalue weighted by atomic mass is 33.1. The lowest BCUT2D eigenvalue weighted by atomic mass is 10.1. The van der Waals surface area contributed by atoms with Crippen molar-refractivity contribution in [3.05, 3.63) is 22.1 Å². The van der Waals surface area contributed by atoms with Gasteiger partial charge in [0.1, 0.15) is 18.3 Å². The number of fused-ring (bicyclic) bond motifs is 1. The number of esters is 2. The lowest BCUT2D eigenvalue weighted by Gasteiger charge is -2.22. The predicted octanol–water partition coefficient (Wildman–Crippen LogP) is 3.92. The zero-order chi connectivity index (χ0) is 44.7. The molecule has 2 aromatic rings. The highest BCUT2D eigenvalue weighted by molar-refractivity contribution is 8.77. The van der Waals surface area contributed by atoms with Crippen molar-refractivity contribution in [2.24, 2.45) is 0 Å². The minimum atomic E-state index is -5.77. The van der Waals surface area contributed by atoms with Gasteiger partial charge in [0.15, 0.2) is 5.65 Å². The average molecular weight is 987 g/mol. The van der Waals surface area contributed by atoms with Gasteiger partial charge in [-0.25, -0.2) is 13.7 Å². The SMILES string of the molecule is CCS(=S)CO[C@H]1C[C@H](n2cc(C#CCCC(=O)OCCCCOCSSC(C)(C)CCOC(C)=O)c3c(=O)[nH]c(N)nc32)O[C@@H]1COP(=O)(O)OP(=O)(O)OP(=O)(O)O. The summed E-state index contributed by atoms with van der Waals surface area (Å²) in [6.07, 6.45) is 0.584. The van der Waals surface area contributed by atoms with E-state index >= 15 is 0 Å². The molecular formula is C31H49N4O18P3S4. The first-order chi connectivity index (χ1) is 28.0. The standard InChI is InChI=1S/C31H49N4O18P3S4/c1-5-60(57)20-49-23-16-25(51-24(23)18-50-55(42,43)53-56(44,45)52-54(39,40)41)35-17-22(27-28(35)33-30(32)34-29(27)38)10-6-7-11-26(37)48-14-9-8-13-46-19-58-59-31(3,4)12-15-47-21(2)36/h17,23-25H,5,7-9,11-16,18-20H2,1-4H3,(H,42,43)(H,44,45)(H2,39,40,41)(H3,32,33,34,38)/t23-,24+,25+,60?/m0/s1. The molecule has 0 amide bonds. The van der Waals surface area contributed by atoms with Crippen LogP contribution in [-0.2, 0) is 80.8 Å². The number of nitrogen functional groups attached to an aromatic ring is 1. The van der Waals surface area contributed by atoms with E-state index in [4.69, 9.17) is 54.9 Å². The number of phosphoric ester groups is 1. The molecule has 6 atom stereocenters. The zero-order valence-corrected chi connectivity index (χ0v) is 38.9. The minimum Gasteiger partial charge on any atom is -0.466 e. The van der Waals surface area contributed by atoms with Crippen LogP contribution in [0.25, 0.3) is 11.0 Å². The first-order valence-electron chi connectivity index (χ1n) is 18.0. The van der Waals surface area contributed by atoms with Crippen molar-refractivity contribution >= 4 is 94.6 Å². The molecular weight excluding hydrogens is 938 g/mol. The maximum absolute atomic E-state index is 13.1. The van der Waals surface area contributed by atoms with E-state index in [9.17, 15) is 37.9 Å². The van der Waals surface area contributed by atoms with E-state index in [1.165, 1.54) is 17.7 Å². The summed E-state index contributed by atoms with van der Waals surface area (Å²) in [4.78, 5) is 80.1. The number of phosphoric acid groups is 3. The van der Waals surface area contributed by atoms with Crippen LogP contribution in [0.15, 0.2) is 11.0 Å². The van der Waals surface area contributed by atoms with Crippen molar-refractivity contribution < 1.29 is 79.7 Å². The molecule has 3 unspecified atom stereocenters. The van der Waals surface area contributed by atoms with Crippen molar-refractivity contribution in [2.45, 2.75) is 89.4 Å². The molecule has 0 aromatic carbocycles. The molecule has 3 heterocycles. The molecule has 340 valence electrons. The fraction of sp³-hybridized carbons (Fsp3) is 0.677. The van der Waals surface area contributed by atoms with Crippen LogP contribution in [0.4, 0.5) is 5.95 Å². The van der Waals surface area contributed by atoms with Crippen molar-refractivity contribution in [3.8, 4) is 11.8 Å². The Kier molecular flexibility index (Phi) is 21.4. The van der Waals surface area contributed by atoms with Gasteiger partial charge >= 0.3 is 35.4 Å². The number of unbranched alkanes of at least 4 members (excludes halogenated alkanes) is 1. The third-order valence-electron chi connectivity index (χ3n) is 7.79. The number of rotatable bonds is 26. The maximum atomic E-state index is 13.1. The van der Waals surface area contributed by atoms with Gasteiger partial charge < -0.3 is 53.6 Å². The summed E-state index contributed by atoms with van der Waals surface area (Å²) < 4.78 is 77.0. The molecule has 0 bridgehead atoms. The van der Waals surface area contributed by atoms with Crippen LogP contribution in [-0.4, -0.2) is 107 Å². The molecule has 3 rings (SSSR count). The fourth-order valence-electron chi connectivity index (χ4n) is 5.05. The summed E-state index contributed by atoms with van der Waals surface area (Å²) in [5.41, 5.74) is 5.52. The van der Waals surface area contributed by atoms with Crippen molar-refractivity contribution in [1.29, 1.82) is 0 Å². The van der Waals surface area contributed by atoms with E-state index in [1.807, 2.05) is 6.92 Å². The Morgan fingerprint density at radius 2 is 1.85 bits per heavy atom. The number of nitrogens with one attached hydrogen (secondary N) is 1. The second kappa shape index (κ2) is 24.4. The molecule has 1 saturated heterocycles. The minimum absolute atomic E-state index is 0.0187. The summed E-state index contributed by atoms with van der Waals surface area (Å²) in [7, 11) is -14.3. The van der Waals surface area contributed by atoms with E-state index in [0.717, 1.165) is 0 Å². The van der Waals surface area contributed by atoms with E-state index in [-0.39, 0.29) is 65.1 Å². The van der Waals surface area contributed by atoms with E-state index in [1.54, 1.807) is 21.6 Å². The van der Waals surface area contributed by atoms with Crippen LogP contribution in [0.1, 0.15) is 78.0 Å². The molecule has 1 fully saturated rings. The zero-order valence-electron chi connectivity index (χ0n) is 33.0. The molecule has 2 aromatic heterocycles. The number of nitrogens with two attached hydrogens (primary N) is 1. The van der Waals surface area contributed by atoms with E-state index in [0.29, 0.717) is 44.2 Å². The lowest BCUT2D eigenvalue weighted by molar-refractivity contribution is -0.144. The predicted molar refractivity (Wildman–Crippen MR) is 226 cm³/mol. The smallest absolute Gasteiger partial charge is 0.466 e. The molecule has 29 heteroatoms. The molecule has 60 heavy (non-hydrogen) atoms. The highest BCUT2D eigenvalue weighted by Crippen LogP contribution is 2.66. The molecule has 0 saturated carbocycles. The van der Waals surface area contributed by atoms with Gasteiger partial charge in [-0.15, -0.1) is 0 Å². The molecule has 1 aliphatic heterocycles. The summed E-state index contributed by atoms with van der Waals surface area (Å²) in [5, 5.41) is 0.0531. The van der Waals surface area contributed by atoms with Crippen LogP contribution in [0.3, 0.4) is 0 Å². The molecule has 0 radical (unpaired) electrons. The number of aromatic amines is 1. The van der Waals surface area contributed by atoms with Gasteiger partial charge in [0, 0.05) is 37.3 Å². The summed E-state index contributed by atoms with van der Waals surface area (Å²) in [6.45, 7) is 7.63. The van der Waals surface area contributed by atoms with Crippen LogP contribution < -0.4 is 11.3 Å². The van der Waals surface area contributed by atoms with Gasteiger partial charge in [0.2, 0.25) is 5.95 Å². The number of aromatic nitrogens is 3. The van der Waals surface area contributed by atoms with Crippen LogP contribution in [0.2, 0.25) is 0 Å². The quantitative estimate of drug-likeness (QED) is 0.0194. The van der Waals surface area contributed by atoms with Gasteiger partial charge in [-0.2, -0.15) is 13.6 Å².